The summed E-state index contributed by atoms with van der Waals surface area (Å²) in [5.74, 6) is 2.37. The van der Waals surface area contributed by atoms with Crippen molar-refractivity contribution in [1.29, 1.82) is 0 Å². The summed E-state index contributed by atoms with van der Waals surface area (Å²) in [7, 11) is 1.73. The predicted octanol–water partition coefficient (Wildman–Crippen LogP) is 6.59. The van der Waals surface area contributed by atoms with Crippen LogP contribution in [0.15, 0.2) is 48.5 Å². The number of aromatic nitrogens is 1. The van der Waals surface area contributed by atoms with Gasteiger partial charge >= 0.3 is 0 Å². The average molecular weight is 400 g/mol. The maximum atomic E-state index is 13.4. The molecular weight excluding hydrogens is 370 g/mol. The van der Waals surface area contributed by atoms with Gasteiger partial charge in [0.2, 0.25) is 0 Å². The van der Waals surface area contributed by atoms with Crippen LogP contribution in [-0.2, 0) is 0 Å². The zero-order chi connectivity index (χ0) is 20.7. The van der Waals surface area contributed by atoms with Gasteiger partial charge in [-0.2, -0.15) is 0 Å². The molecule has 0 spiro atoms. The molecule has 3 heteroatoms. The maximum Gasteiger partial charge on any atom is 0.184 e. The molecule has 30 heavy (non-hydrogen) atoms. The molecule has 2 aromatic carbocycles. The summed E-state index contributed by atoms with van der Waals surface area (Å²) in [5, 5.41) is 2.46. The molecule has 0 unspecified atom stereocenters. The van der Waals surface area contributed by atoms with Crippen LogP contribution in [0.5, 0.6) is 5.75 Å². The number of ether oxygens (including phenoxy) is 1. The number of nitrogens with zero attached hydrogens (tertiary/aromatic N) is 1. The van der Waals surface area contributed by atoms with Crippen molar-refractivity contribution in [3.63, 3.8) is 0 Å². The van der Waals surface area contributed by atoms with Crippen molar-refractivity contribution in [1.82, 2.24) is 4.98 Å². The Balaban J connectivity index is 1.36. The summed E-state index contributed by atoms with van der Waals surface area (Å²) in [5.41, 5.74) is 4.29. The second-order valence-corrected chi connectivity index (χ2v) is 8.98. The lowest BCUT2D eigenvalue weighted by molar-refractivity contribution is 0.0877. The Labute approximate surface area is 178 Å². The van der Waals surface area contributed by atoms with Gasteiger partial charge in [-0.1, -0.05) is 36.4 Å². The van der Waals surface area contributed by atoms with Gasteiger partial charge in [0.05, 0.1) is 7.11 Å². The first-order valence-corrected chi connectivity index (χ1v) is 11.2. The van der Waals surface area contributed by atoms with Crippen LogP contribution in [0.1, 0.15) is 77.7 Å². The molecule has 0 N–H and O–H groups in total. The number of pyridine rings is 1. The van der Waals surface area contributed by atoms with Gasteiger partial charge in [-0.15, -0.1) is 0 Å². The Morgan fingerprint density at radius 3 is 2.17 bits per heavy atom. The number of fused-ring (bicyclic) bond motifs is 1. The van der Waals surface area contributed by atoms with E-state index in [0.29, 0.717) is 11.8 Å². The van der Waals surface area contributed by atoms with Crippen molar-refractivity contribution in [2.75, 3.05) is 7.11 Å². The van der Waals surface area contributed by atoms with E-state index in [1.54, 1.807) is 7.11 Å². The van der Waals surface area contributed by atoms with E-state index in [1.165, 1.54) is 34.7 Å². The summed E-state index contributed by atoms with van der Waals surface area (Å²) in [4.78, 5) is 18.0. The molecule has 0 radical (unpaired) electrons. The van der Waals surface area contributed by atoms with Crippen molar-refractivity contribution in [3.05, 3.63) is 71.0 Å². The highest BCUT2D eigenvalue weighted by Gasteiger charge is 2.34. The van der Waals surface area contributed by atoms with Crippen LogP contribution in [-0.4, -0.2) is 17.9 Å². The molecule has 5 rings (SSSR count). The second kappa shape index (κ2) is 7.86. The van der Waals surface area contributed by atoms with E-state index >= 15 is 0 Å². The number of methoxy groups -OCH3 is 1. The van der Waals surface area contributed by atoms with Crippen LogP contribution in [0, 0.1) is 12.8 Å². The van der Waals surface area contributed by atoms with Crippen LogP contribution < -0.4 is 4.74 Å². The molecule has 1 aromatic heterocycles. The smallest absolute Gasteiger partial charge is 0.184 e. The summed E-state index contributed by atoms with van der Waals surface area (Å²) in [6.45, 7) is 1.99. The fourth-order valence-electron chi connectivity index (χ4n) is 5.18. The predicted molar refractivity (Wildman–Crippen MR) is 120 cm³/mol. The van der Waals surface area contributed by atoms with Gasteiger partial charge in [-0.3, -0.25) is 4.79 Å². The third-order valence-corrected chi connectivity index (χ3v) is 6.99. The van der Waals surface area contributed by atoms with Crippen LogP contribution in [0.2, 0.25) is 0 Å². The van der Waals surface area contributed by atoms with Crippen molar-refractivity contribution in [2.24, 2.45) is 5.92 Å². The monoisotopic (exact) mass is 399 g/mol. The first-order valence-electron chi connectivity index (χ1n) is 11.2. The molecule has 2 aliphatic carbocycles. The number of benzene rings is 2. The van der Waals surface area contributed by atoms with Crippen molar-refractivity contribution < 1.29 is 9.53 Å². The lowest BCUT2D eigenvalue weighted by Crippen LogP contribution is -2.23. The van der Waals surface area contributed by atoms with Gasteiger partial charge in [-0.25, -0.2) is 4.98 Å². The van der Waals surface area contributed by atoms with E-state index in [0.717, 1.165) is 42.8 Å². The van der Waals surface area contributed by atoms with E-state index in [4.69, 9.17) is 4.74 Å². The fourth-order valence-corrected chi connectivity index (χ4v) is 5.18. The summed E-state index contributed by atoms with van der Waals surface area (Å²) in [6.07, 6.45) is 6.40. The van der Waals surface area contributed by atoms with E-state index in [1.807, 2.05) is 6.92 Å². The Morgan fingerprint density at radius 2 is 1.47 bits per heavy atom. The van der Waals surface area contributed by atoms with Crippen LogP contribution in [0.4, 0.5) is 0 Å². The van der Waals surface area contributed by atoms with Crippen LogP contribution in [0.3, 0.4) is 0 Å². The number of carbonyl (C=O) groups is 1. The molecule has 0 aliphatic heterocycles. The van der Waals surface area contributed by atoms with Gasteiger partial charge in [0.25, 0.3) is 0 Å². The molecule has 0 bridgehead atoms. The molecule has 3 aromatic rings. The molecule has 0 amide bonds. The van der Waals surface area contributed by atoms with Gasteiger partial charge in [0, 0.05) is 17.0 Å². The number of aryl methyl sites for hydroxylation is 1. The molecule has 154 valence electrons. The van der Waals surface area contributed by atoms with Crippen molar-refractivity contribution in [3.8, 4) is 5.75 Å². The lowest BCUT2D eigenvalue weighted by atomic mass is 9.75. The SMILES string of the molecule is COc1ccc(C2CCC(C(=O)c3nc(C)ccc3C3CC3)CC2)c2ccccc12. The minimum atomic E-state index is 0.109. The van der Waals surface area contributed by atoms with Gasteiger partial charge in [0.15, 0.2) is 5.78 Å². The molecule has 2 fully saturated rings. The van der Waals surface area contributed by atoms with E-state index in [9.17, 15) is 4.79 Å². The molecular formula is C27H29NO2. The normalized spacial score (nSPS) is 21.5. The highest BCUT2D eigenvalue weighted by Crippen LogP contribution is 2.44. The summed E-state index contributed by atoms with van der Waals surface area (Å²) in [6, 6.07) is 17.0. The molecule has 0 atom stereocenters. The lowest BCUT2D eigenvalue weighted by Gasteiger charge is -2.29. The standard InChI is InChI=1S/C27H29NO2/c1-17-7-14-22(19-8-9-19)26(28-17)27(29)20-12-10-18(11-13-20)21-15-16-25(30-2)24-6-4-3-5-23(21)24/h3-7,14-16,18-20H,8-13H2,1-2H3. The quantitative estimate of drug-likeness (QED) is 0.455. The Kier molecular flexibility index (Phi) is 5.06. The van der Waals surface area contributed by atoms with E-state index in [-0.39, 0.29) is 11.7 Å². The molecule has 2 saturated carbocycles. The van der Waals surface area contributed by atoms with Crippen molar-refractivity contribution >= 4 is 16.6 Å². The fraction of sp³-hybridized carbons (Fsp3) is 0.407. The molecule has 0 saturated heterocycles. The third kappa shape index (κ3) is 3.51. The number of hydrogen-bond donors (Lipinski definition) is 0. The highest BCUT2D eigenvalue weighted by atomic mass is 16.5. The zero-order valence-electron chi connectivity index (χ0n) is 17.9. The van der Waals surface area contributed by atoms with Gasteiger partial charge in [-0.05, 0) is 85.9 Å². The molecule has 3 nitrogen and oxygen atoms in total. The van der Waals surface area contributed by atoms with Gasteiger partial charge < -0.3 is 4.74 Å². The molecule has 2 aliphatic rings. The van der Waals surface area contributed by atoms with Crippen LogP contribution in [0.25, 0.3) is 10.8 Å². The largest absolute Gasteiger partial charge is 0.496 e. The van der Waals surface area contributed by atoms with Crippen molar-refractivity contribution in [2.45, 2.75) is 57.3 Å². The number of hydrogen-bond acceptors (Lipinski definition) is 3. The minimum absolute atomic E-state index is 0.109. The number of carbonyl (C=O) groups excluding carboxylic acids is 1. The second-order valence-electron chi connectivity index (χ2n) is 8.98. The summed E-state index contributed by atoms with van der Waals surface area (Å²) >= 11 is 0. The molecule has 1 heterocycles. The Morgan fingerprint density at radius 1 is 0.833 bits per heavy atom. The van der Waals surface area contributed by atoms with Crippen LogP contribution >= 0.6 is 0 Å². The Bertz CT molecular complexity index is 1090. The van der Waals surface area contributed by atoms with E-state index in [2.05, 4.69) is 53.5 Å². The summed E-state index contributed by atoms with van der Waals surface area (Å²) < 4.78 is 5.56. The maximum absolute atomic E-state index is 13.4. The van der Waals surface area contributed by atoms with E-state index < -0.39 is 0 Å². The number of Topliss-reactive ketones (excluding diaryl/α,β-unsaturated/α-hetero) is 1. The zero-order valence-corrected chi connectivity index (χ0v) is 17.9. The highest BCUT2D eigenvalue weighted by molar-refractivity contribution is 5.98. The average Bonchev–Trinajstić information content (AvgIpc) is 3.63. The number of rotatable bonds is 5. The Hall–Kier alpha value is -2.68. The third-order valence-electron chi connectivity index (χ3n) is 6.99. The van der Waals surface area contributed by atoms with Gasteiger partial charge in [0.1, 0.15) is 11.4 Å². The number of ketones is 1. The first-order chi connectivity index (χ1) is 14.7. The topological polar surface area (TPSA) is 39.2 Å². The first kappa shape index (κ1) is 19.3. The minimum Gasteiger partial charge on any atom is -0.496 e.